The standard InChI is InChI=1S/C15H20F2N2O/c1-11(15(20)19-8-4-2-3-5-9-19)18-14-10-12(16)6-7-13(14)17/h6-7,10-11,18H,2-5,8-9H2,1H3. The minimum atomic E-state index is -0.565. The van der Waals surface area contributed by atoms with Crippen LogP contribution in [0.15, 0.2) is 18.2 Å². The number of amides is 1. The molecule has 1 aromatic rings. The third kappa shape index (κ3) is 3.68. The average Bonchev–Trinajstić information content (AvgIpc) is 2.71. The van der Waals surface area contributed by atoms with Crippen molar-refractivity contribution in [2.24, 2.45) is 0 Å². The zero-order valence-corrected chi connectivity index (χ0v) is 11.7. The molecule has 1 aliphatic heterocycles. The number of likely N-dealkylation sites (tertiary alicyclic amines) is 1. The van der Waals surface area contributed by atoms with Crippen molar-refractivity contribution in [1.29, 1.82) is 0 Å². The number of hydrogen-bond donors (Lipinski definition) is 1. The Bertz CT molecular complexity index is 471. The van der Waals surface area contributed by atoms with Gasteiger partial charge in [-0.1, -0.05) is 12.8 Å². The van der Waals surface area contributed by atoms with Gasteiger partial charge >= 0.3 is 0 Å². The van der Waals surface area contributed by atoms with Gasteiger partial charge in [-0.05, 0) is 38.0 Å². The van der Waals surface area contributed by atoms with Gasteiger partial charge < -0.3 is 10.2 Å². The van der Waals surface area contributed by atoms with E-state index in [2.05, 4.69) is 5.32 Å². The first-order chi connectivity index (χ1) is 9.58. The van der Waals surface area contributed by atoms with Crippen LogP contribution < -0.4 is 5.32 Å². The van der Waals surface area contributed by atoms with Gasteiger partial charge in [-0.15, -0.1) is 0 Å². The molecule has 0 bridgehead atoms. The molecule has 1 heterocycles. The van der Waals surface area contributed by atoms with E-state index in [1.54, 1.807) is 6.92 Å². The van der Waals surface area contributed by atoms with Crippen LogP contribution >= 0.6 is 0 Å². The predicted octanol–water partition coefficient (Wildman–Crippen LogP) is 3.17. The minimum absolute atomic E-state index is 0.0284. The van der Waals surface area contributed by atoms with Gasteiger partial charge in [-0.25, -0.2) is 8.78 Å². The van der Waals surface area contributed by atoms with Gasteiger partial charge in [0.15, 0.2) is 0 Å². The average molecular weight is 282 g/mol. The Morgan fingerprint density at radius 3 is 2.50 bits per heavy atom. The molecule has 2 rings (SSSR count). The molecule has 0 aromatic heterocycles. The van der Waals surface area contributed by atoms with Crippen molar-refractivity contribution in [2.45, 2.75) is 38.6 Å². The van der Waals surface area contributed by atoms with Crippen LogP contribution in [-0.2, 0) is 4.79 Å². The zero-order valence-electron chi connectivity index (χ0n) is 11.7. The highest BCUT2D eigenvalue weighted by Crippen LogP contribution is 2.17. The fraction of sp³-hybridized carbons (Fsp3) is 0.533. The lowest BCUT2D eigenvalue weighted by Gasteiger charge is -2.25. The van der Waals surface area contributed by atoms with Gasteiger partial charge in [0, 0.05) is 13.1 Å². The largest absolute Gasteiger partial charge is 0.371 e. The number of halogens is 2. The predicted molar refractivity (Wildman–Crippen MR) is 74.5 cm³/mol. The van der Waals surface area contributed by atoms with E-state index in [1.807, 2.05) is 4.90 Å². The number of rotatable bonds is 3. The Labute approximate surface area is 118 Å². The van der Waals surface area contributed by atoms with Crippen LogP contribution in [0.2, 0.25) is 0 Å². The van der Waals surface area contributed by atoms with Gasteiger partial charge in [0.05, 0.1) is 5.69 Å². The maximum absolute atomic E-state index is 13.5. The number of carbonyl (C=O) groups is 1. The second-order valence-electron chi connectivity index (χ2n) is 5.23. The molecule has 0 saturated carbocycles. The Kier molecular flexibility index (Phi) is 4.93. The van der Waals surface area contributed by atoms with E-state index in [0.29, 0.717) is 0 Å². The molecule has 1 aliphatic rings. The van der Waals surface area contributed by atoms with Gasteiger partial charge in [0.25, 0.3) is 0 Å². The fourth-order valence-electron chi connectivity index (χ4n) is 2.47. The molecule has 0 spiro atoms. The van der Waals surface area contributed by atoms with E-state index in [0.717, 1.165) is 57.0 Å². The van der Waals surface area contributed by atoms with Gasteiger partial charge in [0.2, 0.25) is 5.91 Å². The van der Waals surface area contributed by atoms with Crippen LogP contribution in [0, 0.1) is 11.6 Å². The second-order valence-corrected chi connectivity index (χ2v) is 5.23. The molecule has 5 heteroatoms. The second kappa shape index (κ2) is 6.68. The summed E-state index contributed by atoms with van der Waals surface area (Å²) in [4.78, 5) is 14.1. The lowest BCUT2D eigenvalue weighted by molar-refractivity contribution is -0.131. The van der Waals surface area contributed by atoms with Crippen molar-refractivity contribution in [3.05, 3.63) is 29.8 Å². The van der Waals surface area contributed by atoms with Crippen molar-refractivity contribution >= 4 is 11.6 Å². The molecule has 110 valence electrons. The fourth-order valence-corrected chi connectivity index (χ4v) is 2.47. The third-order valence-electron chi connectivity index (χ3n) is 3.59. The molecule has 1 unspecified atom stereocenters. The molecule has 1 aromatic carbocycles. The summed E-state index contributed by atoms with van der Waals surface area (Å²) in [6.45, 7) is 3.17. The first-order valence-electron chi connectivity index (χ1n) is 7.08. The van der Waals surface area contributed by atoms with Crippen LogP contribution in [0.5, 0.6) is 0 Å². The van der Waals surface area contributed by atoms with E-state index in [1.165, 1.54) is 0 Å². The topological polar surface area (TPSA) is 32.3 Å². The number of nitrogens with zero attached hydrogens (tertiary/aromatic N) is 1. The van der Waals surface area contributed by atoms with Crippen molar-refractivity contribution < 1.29 is 13.6 Å². The van der Waals surface area contributed by atoms with Gasteiger partial charge in [-0.3, -0.25) is 4.79 Å². The van der Waals surface area contributed by atoms with Crippen LogP contribution in [0.25, 0.3) is 0 Å². The van der Waals surface area contributed by atoms with E-state index >= 15 is 0 Å². The van der Waals surface area contributed by atoms with Crippen molar-refractivity contribution in [3.63, 3.8) is 0 Å². The maximum atomic E-state index is 13.5. The molecule has 0 radical (unpaired) electrons. The molecule has 3 nitrogen and oxygen atoms in total. The normalized spacial score (nSPS) is 17.4. The Balaban J connectivity index is 2.01. The van der Waals surface area contributed by atoms with Crippen LogP contribution in [0.4, 0.5) is 14.5 Å². The summed E-state index contributed by atoms with van der Waals surface area (Å²) in [5.74, 6) is -1.14. The van der Waals surface area contributed by atoms with Crippen molar-refractivity contribution in [1.82, 2.24) is 4.90 Å². The number of anilines is 1. The molecule has 1 saturated heterocycles. The van der Waals surface area contributed by atoms with E-state index in [9.17, 15) is 13.6 Å². The molecule has 1 atom stereocenters. The molecule has 1 fully saturated rings. The van der Waals surface area contributed by atoms with E-state index in [-0.39, 0.29) is 11.6 Å². The summed E-state index contributed by atoms with van der Waals surface area (Å²) < 4.78 is 26.7. The number of nitrogens with one attached hydrogen (secondary N) is 1. The summed E-state index contributed by atoms with van der Waals surface area (Å²) in [5, 5.41) is 2.76. The number of carbonyl (C=O) groups excluding carboxylic acids is 1. The zero-order chi connectivity index (χ0) is 14.5. The van der Waals surface area contributed by atoms with Crippen LogP contribution in [-0.4, -0.2) is 29.9 Å². The van der Waals surface area contributed by atoms with Crippen LogP contribution in [0.1, 0.15) is 32.6 Å². The Hall–Kier alpha value is -1.65. The molecular formula is C15H20F2N2O. The molecule has 1 N–H and O–H groups in total. The summed E-state index contributed by atoms with van der Waals surface area (Å²) in [5.41, 5.74) is 0.0284. The number of benzene rings is 1. The molecular weight excluding hydrogens is 262 g/mol. The smallest absolute Gasteiger partial charge is 0.244 e. The number of hydrogen-bond acceptors (Lipinski definition) is 2. The SMILES string of the molecule is CC(Nc1cc(F)ccc1F)C(=O)N1CCCCCC1. The van der Waals surface area contributed by atoms with Crippen LogP contribution in [0.3, 0.4) is 0 Å². The summed E-state index contributed by atoms with van der Waals surface area (Å²) in [6, 6.07) is 2.62. The monoisotopic (exact) mass is 282 g/mol. The molecule has 20 heavy (non-hydrogen) atoms. The van der Waals surface area contributed by atoms with E-state index < -0.39 is 17.7 Å². The highest BCUT2D eigenvalue weighted by atomic mass is 19.1. The van der Waals surface area contributed by atoms with Crippen molar-refractivity contribution in [3.8, 4) is 0 Å². The lowest BCUT2D eigenvalue weighted by Crippen LogP contribution is -2.42. The molecule has 1 amide bonds. The van der Waals surface area contributed by atoms with Crippen molar-refractivity contribution in [2.75, 3.05) is 18.4 Å². The lowest BCUT2D eigenvalue weighted by atomic mass is 10.2. The Morgan fingerprint density at radius 2 is 1.85 bits per heavy atom. The highest BCUT2D eigenvalue weighted by Gasteiger charge is 2.22. The molecule has 0 aliphatic carbocycles. The summed E-state index contributed by atoms with van der Waals surface area (Å²) >= 11 is 0. The minimum Gasteiger partial charge on any atom is -0.371 e. The maximum Gasteiger partial charge on any atom is 0.244 e. The van der Waals surface area contributed by atoms with Gasteiger partial charge in [0.1, 0.15) is 17.7 Å². The summed E-state index contributed by atoms with van der Waals surface area (Å²) in [6.07, 6.45) is 4.30. The first kappa shape index (κ1) is 14.8. The van der Waals surface area contributed by atoms with Gasteiger partial charge in [-0.2, -0.15) is 0 Å². The Morgan fingerprint density at radius 1 is 1.20 bits per heavy atom. The third-order valence-corrected chi connectivity index (χ3v) is 3.59. The first-order valence-corrected chi connectivity index (χ1v) is 7.08. The van der Waals surface area contributed by atoms with E-state index in [4.69, 9.17) is 0 Å². The summed E-state index contributed by atoms with van der Waals surface area (Å²) in [7, 11) is 0. The quantitative estimate of drug-likeness (QED) is 0.923. The highest BCUT2D eigenvalue weighted by molar-refractivity contribution is 5.84.